The number of hydrogen-bond donors (Lipinski definition) is 1. The lowest BCUT2D eigenvalue weighted by molar-refractivity contribution is -0.384. The van der Waals surface area contributed by atoms with Crippen LogP contribution >= 0.6 is 15.9 Å². The maximum atomic E-state index is 11.2. The summed E-state index contributed by atoms with van der Waals surface area (Å²) >= 11 is 3.40. The van der Waals surface area contributed by atoms with E-state index in [0.717, 1.165) is 0 Å². The predicted molar refractivity (Wildman–Crippen MR) is 103 cm³/mol. The van der Waals surface area contributed by atoms with E-state index in [-0.39, 0.29) is 12.3 Å². The average molecular weight is 438 g/mol. The molecule has 2 rings (SSSR count). The first-order chi connectivity index (χ1) is 12.9. The average Bonchev–Trinajstić information content (AvgIpc) is 2.67. The number of hydrogen-bond acceptors (Lipinski definition) is 8. The molecule has 1 N–H and O–H groups in total. The molecule has 0 aromatic heterocycles. The van der Waals surface area contributed by atoms with Gasteiger partial charge in [-0.15, -0.1) is 0 Å². The fourth-order valence-corrected chi connectivity index (χ4v) is 2.38. The van der Waals surface area contributed by atoms with Crippen LogP contribution in [-0.2, 0) is 9.53 Å². The second-order valence-electron chi connectivity index (χ2n) is 5.06. The summed E-state index contributed by atoms with van der Waals surface area (Å²) < 4.78 is 15.8. The van der Waals surface area contributed by atoms with Crippen LogP contribution in [-0.4, -0.2) is 37.9 Å². The number of ether oxygens (including phenoxy) is 3. The first-order valence-electron chi connectivity index (χ1n) is 7.55. The third-order valence-corrected chi connectivity index (χ3v) is 4.02. The first-order valence-corrected chi connectivity index (χ1v) is 8.34. The summed E-state index contributed by atoms with van der Waals surface area (Å²) in [7, 11) is 2.75. The van der Waals surface area contributed by atoms with Gasteiger partial charge in [-0.05, 0) is 40.2 Å². The highest BCUT2D eigenvalue weighted by Gasteiger charge is 2.11. The molecule has 0 spiro atoms. The van der Waals surface area contributed by atoms with Gasteiger partial charge >= 0.3 is 5.97 Å². The van der Waals surface area contributed by atoms with Crippen LogP contribution in [0.1, 0.15) is 5.56 Å². The SMILES string of the molecule is COC(=O)COc1cc(Br)c(/C=N\Nc2ccc([N+](=O)[O-])cc2)cc1OC. The number of esters is 1. The molecular weight excluding hydrogens is 422 g/mol. The Balaban J connectivity index is 2.09. The van der Waals surface area contributed by atoms with E-state index in [4.69, 9.17) is 9.47 Å². The number of benzene rings is 2. The molecule has 27 heavy (non-hydrogen) atoms. The van der Waals surface area contributed by atoms with Crippen molar-refractivity contribution >= 4 is 39.5 Å². The summed E-state index contributed by atoms with van der Waals surface area (Å²) in [5.74, 6) is 0.278. The van der Waals surface area contributed by atoms with E-state index >= 15 is 0 Å². The van der Waals surface area contributed by atoms with Gasteiger partial charge in [0.15, 0.2) is 18.1 Å². The Bertz CT molecular complexity index is 854. The van der Waals surface area contributed by atoms with Gasteiger partial charge in [0.1, 0.15) is 0 Å². The zero-order valence-electron chi connectivity index (χ0n) is 14.5. The number of nitro benzene ring substituents is 1. The second kappa shape index (κ2) is 9.53. The molecule has 0 saturated carbocycles. The number of carbonyl (C=O) groups is 1. The van der Waals surface area contributed by atoms with E-state index in [2.05, 4.69) is 31.2 Å². The largest absolute Gasteiger partial charge is 0.493 e. The lowest BCUT2D eigenvalue weighted by atomic mass is 10.2. The molecular formula is C17H16BrN3O6. The van der Waals surface area contributed by atoms with Crippen LogP contribution in [0, 0.1) is 10.1 Å². The van der Waals surface area contributed by atoms with Gasteiger partial charge in [0, 0.05) is 22.2 Å². The van der Waals surface area contributed by atoms with Crippen LogP contribution in [0.4, 0.5) is 11.4 Å². The van der Waals surface area contributed by atoms with Crippen LogP contribution in [0.2, 0.25) is 0 Å². The van der Waals surface area contributed by atoms with Gasteiger partial charge in [-0.2, -0.15) is 5.10 Å². The number of methoxy groups -OCH3 is 2. The molecule has 0 atom stereocenters. The molecule has 0 aliphatic carbocycles. The number of halogens is 1. The van der Waals surface area contributed by atoms with Crippen molar-refractivity contribution in [2.24, 2.45) is 5.10 Å². The molecule has 0 saturated heterocycles. The van der Waals surface area contributed by atoms with Crippen LogP contribution in [0.25, 0.3) is 0 Å². The number of anilines is 1. The van der Waals surface area contributed by atoms with Crippen molar-refractivity contribution in [3.05, 3.63) is 56.5 Å². The molecule has 2 aromatic carbocycles. The van der Waals surface area contributed by atoms with Crippen molar-refractivity contribution in [2.45, 2.75) is 0 Å². The van der Waals surface area contributed by atoms with E-state index in [1.165, 1.54) is 32.6 Å². The van der Waals surface area contributed by atoms with Gasteiger partial charge in [-0.25, -0.2) is 4.79 Å². The number of hydrazone groups is 1. The van der Waals surface area contributed by atoms with Crippen LogP contribution in [0.3, 0.4) is 0 Å². The quantitative estimate of drug-likeness (QED) is 0.291. The number of nitrogens with zero attached hydrogens (tertiary/aromatic N) is 2. The molecule has 0 aliphatic rings. The molecule has 0 unspecified atom stereocenters. The summed E-state index contributed by atoms with van der Waals surface area (Å²) in [5.41, 5.74) is 4.06. The zero-order chi connectivity index (χ0) is 19.8. The van der Waals surface area contributed by atoms with E-state index in [1.54, 1.807) is 24.3 Å². The maximum absolute atomic E-state index is 11.2. The molecule has 0 radical (unpaired) electrons. The third kappa shape index (κ3) is 5.68. The summed E-state index contributed by atoms with van der Waals surface area (Å²) in [6.45, 7) is -0.242. The number of rotatable bonds is 8. The van der Waals surface area contributed by atoms with E-state index < -0.39 is 10.9 Å². The van der Waals surface area contributed by atoms with E-state index in [9.17, 15) is 14.9 Å². The Kier molecular flexibility index (Phi) is 7.12. The molecule has 10 heteroatoms. The van der Waals surface area contributed by atoms with Crippen LogP contribution in [0.5, 0.6) is 11.5 Å². The fourth-order valence-electron chi connectivity index (χ4n) is 1.95. The van der Waals surface area contributed by atoms with Crippen molar-refractivity contribution in [2.75, 3.05) is 26.3 Å². The van der Waals surface area contributed by atoms with Crippen molar-refractivity contribution < 1.29 is 23.9 Å². The molecule has 0 aliphatic heterocycles. The van der Waals surface area contributed by atoms with Crippen molar-refractivity contribution in [3.63, 3.8) is 0 Å². The maximum Gasteiger partial charge on any atom is 0.343 e. The monoisotopic (exact) mass is 437 g/mol. The van der Waals surface area contributed by atoms with Gasteiger partial charge in [0.2, 0.25) is 0 Å². The van der Waals surface area contributed by atoms with Gasteiger partial charge < -0.3 is 14.2 Å². The highest BCUT2D eigenvalue weighted by molar-refractivity contribution is 9.10. The second-order valence-corrected chi connectivity index (χ2v) is 5.92. The smallest absolute Gasteiger partial charge is 0.343 e. The Morgan fingerprint density at radius 2 is 1.96 bits per heavy atom. The van der Waals surface area contributed by atoms with Gasteiger partial charge in [0.25, 0.3) is 5.69 Å². The van der Waals surface area contributed by atoms with E-state index in [1.807, 2.05) is 0 Å². The summed E-state index contributed by atoms with van der Waals surface area (Å²) in [5, 5.41) is 14.7. The zero-order valence-corrected chi connectivity index (χ0v) is 16.1. The predicted octanol–water partition coefficient (Wildman–Crippen LogP) is 3.36. The van der Waals surface area contributed by atoms with E-state index in [0.29, 0.717) is 27.2 Å². The molecule has 142 valence electrons. The number of nitrogens with one attached hydrogen (secondary N) is 1. The van der Waals surface area contributed by atoms with Crippen LogP contribution < -0.4 is 14.9 Å². The standard InChI is InChI=1S/C17H16BrN3O6/c1-25-15-7-11(14(18)8-16(15)27-10-17(22)26-2)9-19-20-12-3-5-13(6-4-12)21(23)24/h3-9,20H,10H2,1-2H3/b19-9-. The molecule has 2 aromatic rings. The van der Waals surface area contributed by atoms with Crippen molar-refractivity contribution in [3.8, 4) is 11.5 Å². The Hall–Kier alpha value is -3.14. The normalized spacial score (nSPS) is 10.5. The lowest BCUT2D eigenvalue weighted by Gasteiger charge is -2.11. The lowest BCUT2D eigenvalue weighted by Crippen LogP contribution is -2.13. The summed E-state index contributed by atoms with van der Waals surface area (Å²) in [6.07, 6.45) is 1.54. The molecule has 0 amide bonds. The number of non-ortho nitro benzene ring substituents is 1. The Morgan fingerprint density at radius 1 is 1.26 bits per heavy atom. The third-order valence-electron chi connectivity index (χ3n) is 3.33. The molecule has 0 bridgehead atoms. The summed E-state index contributed by atoms with van der Waals surface area (Å²) in [4.78, 5) is 21.4. The van der Waals surface area contributed by atoms with Gasteiger partial charge in [0.05, 0.1) is 31.0 Å². The highest BCUT2D eigenvalue weighted by atomic mass is 79.9. The molecule has 0 heterocycles. The fraction of sp³-hybridized carbons (Fsp3) is 0.176. The van der Waals surface area contributed by atoms with Crippen molar-refractivity contribution in [1.82, 2.24) is 0 Å². The molecule has 0 fully saturated rings. The molecule has 9 nitrogen and oxygen atoms in total. The minimum atomic E-state index is -0.508. The topological polar surface area (TPSA) is 112 Å². The highest BCUT2D eigenvalue weighted by Crippen LogP contribution is 2.33. The summed E-state index contributed by atoms with van der Waals surface area (Å²) in [6, 6.07) is 9.19. The first kappa shape index (κ1) is 20.2. The van der Waals surface area contributed by atoms with Crippen LogP contribution in [0.15, 0.2) is 46.0 Å². The number of carbonyl (C=O) groups excluding carboxylic acids is 1. The minimum Gasteiger partial charge on any atom is -0.493 e. The van der Waals surface area contributed by atoms with Gasteiger partial charge in [-0.3, -0.25) is 15.5 Å². The van der Waals surface area contributed by atoms with Crippen molar-refractivity contribution in [1.29, 1.82) is 0 Å². The van der Waals surface area contributed by atoms with Gasteiger partial charge in [-0.1, -0.05) is 0 Å². The Morgan fingerprint density at radius 3 is 2.56 bits per heavy atom. The minimum absolute atomic E-state index is 0.000413. The number of nitro groups is 1. The Labute approximate surface area is 163 Å².